The van der Waals surface area contributed by atoms with Crippen molar-refractivity contribution in [3.63, 3.8) is 0 Å². The molecule has 4 aliphatic rings. The third kappa shape index (κ3) is 2.46. The number of esters is 1. The number of carbonyl (C=O) groups excluding carboxylic acids is 2. The number of rotatable bonds is 3. The summed E-state index contributed by atoms with van der Waals surface area (Å²) in [4.78, 5) is 23.8. The number of allylic oxidation sites excluding steroid dienone is 4. The van der Waals surface area contributed by atoms with Gasteiger partial charge in [-0.2, -0.15) is 0 Å². The lowest BCUT2D eigenvalue weighted by molar-refractivity contribution is -0.160. The summed E-state index contributed by atoms with van der Waals surface area (Å²) in [5.41, 5.74) is 1.58. The van der Waals surface area contributed by atoms with E-state index in [1.165, 1.54) is 24.8 Å². The number of ether oxygens (including phenoxy) is 1. The van der Waals surface area contributed by atoms with Gasteiger partial charge in [-0.3, -0.25) is 9.59 Å². The van der Waals surface area contributed by atoms with Gasteiger partial charge in [0.05, 0.1) is 0 Å². The zero-order valence-electron chi connectivity index (χ0n) is 16.4. The molecule has 0 aromatic heterocycles. The maximum Gasteiger partial charge on any atom is 0.305 e. The van der Waals surface area contributed by atoms with E-state index < -0.39 is 0 Å². The number of hydrogen-bond acceptors (Lipinski definition) is 3. The molecular formula is C23H32O3. The molecule has 0 unspecified atom stereocenters. The molecular weight excluding hydrogens is 324 g/mol. The van der Waals surface area contributed by atoms with Gasteiger partial charge in [0.1, 0.15) is 6.10 Å². The molecule has 4 aliphatic carbocycles. The van der Waals surface area contributed by atoms with Crippen LogP contribution in [0.2, 0.25) is 0 Å². The zero-order valence-corrected chi connectivity index (χ0v) is 16.4. The first-order valence-corrected chi connectivity index (χ1v) is 10.6. The fourth-order valence-corrected chi connectivity index (χ4v) is 7.05. The van der Waals surface area contributed by atoms with Gasteiger partial charge < -0.3 is 4.74 Å². The summed E-state index contributed by atoms with van der Waals surface area (Å²) < 4.78 is 5.94. The first-order valence-electron chi connectivity index (χ1n) is 10.6. The number of ketones is 1. The predicted octanol–water partition coefficient (Wildman–Crippen LogP) is 5.01. The summed E-state index contributed by atoms with van der Waals surface area (Å²) in [6, 6.07) is 0. The molecule has 6 atom stereocenters. The Labute approximate surface area is 157 Å². The summed E-state index contributed by atoms with van der Waals surface area (Å²) in [6.07, 6.45) is 14.4. The fraction of sp³-hybridized carbons (Fsp3) is 0.739. The Hall–Kier alpha value is -1.38. The van der Waals surface area contributed by atoms with Gasteiger partial charge in [-0.15, -0.1) is 0 Å². The highest BCUT2D eigenvalue weighted by Gasteiger charge is 2.60. The highest BCUT2D eigenvalue weighted by atomic mass is 16.5. The van der Waals surface area contributed by atoms with Crippen molar-refractivity contribution in [2.75, 3.05) is 0 Å². The van der Waals surface area contributed by atoms with E-state index in [-0.39, 0.29) is 28.7 Å². The van der Waals surface area contributed by atoms with Crippen molar-refractivity contribution in [1.82, 2.24) is 0 Å². The van der Waals surface area contributed by atoms with Crippen LogP contribution in [0.1, 0.15) is 72.1 Å². The average molecular weight is 357 g/mol. The average Bonchev–Trinajstić information content (AvgIpc) is 3.01. The summed E-state index contributed by atoms with van der Waals surface area (Å²) in [7, 11) is 0. The van der Waals surface area contributed by atoms with Crippen LogP contribution in [0.3, 0.4) is 0 Å². The molecule has 3 saturated carbocycles. The van der Waals surface area contributed by atoms with Crippen LogP contribution in [-0.4, -0.2) is 17.9 Å². The van der Waals surface area contributed by atoms with Gasteiger partial charge in [-0.1, -0.05) is 32.4 Å². The van der Waals surface area contributed by atoms with E-state index in [4.69, 9.17) is 4.74 Å². The second-order valence-corrected chi connectivity index (χ2v) is 9.14. The molecule has 26 heavy (non-hydrogen) atoms. The smallest absolute Gasteiger partial charge is 0.305 e. The van der Waals surface area contributed by atoms with Crippen LogP contribution >= 0.6 is 0 Å². The van der Waals surface area contributed by atoms with Crippen LogP contribution < -0.4 is 0 Å². The summed E-state index contributed by atoms with van der Waals surface area (Å²) >= 11 is 0. The Kier molecular flexibility index (Phi) is 4.40. The monoisotopic (exact) mass is 356 g/mol. The van der Waals surface area contributed by atoms with Gasteiger partial charge in [0.25, 0.3) is 0 Å². The van der Waals surface area contributed by atoms with Crippen molar-refractivity contribution >= 4 is 11.8 Å². The first kappa shape index (κ1) is 18.0. The number of fused-ring (bicyclic) bond motifs is 5. The molecule has 0 heterocycles. The standard InChI is InChI=1S/C23H32O3/c1-4-21(25)26-20-9-8-19-17-7-6-15-14-16(24)10-12-22(15,3)18(17)11-13-23(19,20)5-2/h10,12,14,17-20H,4-9,11,13H2,1-3H3/t17-,18+,19+,20-,22+,23+/m1/s1. The van der Waals surface area contributed by atoms with Gasteiger partial charge >= 0.3 is 5.97 Å². The van der Waals surface area contributed by atoms with E-state index in [1.54, 1.807) is 6.08 Å². The molecule has 4 rings (SSSR count). The Morgan fingerprint density at radius 2 is 2.00 bits per heavy atom. The zero-order chi connectivity index (χ0) is 18.5. The molecule has 0 radical (unpaired) electrons. The van der Waals surface area contributed by atoms with Gasteiger partial charge in [0.15, 0.2) is 5.78 Å². The van der Waals surface area contributed by atoms with Crippen LogP contribution in [0.15, 0.2) is 23.8 Å². The third-order valence-corrected chi connectivity index (χ3v) is 8.41. The molecule has 0 amide bonds. The minimum Gasteiger partial charge on any atom is -0.462 e. The molecule has 0 spiro atoms. The van der Waals surface area contributed by atoms with Crippen molar-refractivity contribution in [3.8, 4) is 0 Å². The quantitative estimate of drug-likeness (QED) is 0.668. The highest BCUT2D eigenvalue weighted by Crippen LogP contribution is 2.66. The lowest BCUT2D eigenvalue weighted by Crippen LogP contribution is -2.51. The van der Waals surface area contributed by atoms with E-state index >= 15 is 0 Å². The molecule has 3 heteroatoms. The van der Waals surface area contributed by atoms with Crippen LogP contribution in [0.4, 0.5) is 0 Å². The van der Waals surface area contributed by atoms with E-state index in [9.17, 15) is 9.59 Å². The molecule has 0 N–H and O–H groups in total. The SMILES string of the molecule is CCC(=O)O[C@@H]1CC[C@H]2[C@@H]3CCC4=CC(=O)C=C[C@]4(C)[C@H]3CC[C@]12CC. The molecule has 0 bridgehead atoms. The molecule has 3 nitrogen and oxygen atoms in total. The summed E-state index contributed by atoms with van der Waals surface area (Å²) in [6.45, 7) is 6.53. The molecule has 142 valence electrons. The minimum atomic E-state index is -0.0415. The number of hydrogen-bond donors (Lipinski definition) is 0. The number of carbonyl (C=O) groups is 2. The van der Waals surface area contributed by atoms with Crippen LogP contribution in [0, 0.1) is 28.6 Å². The molecule has 3 fully saturated rings. The van der Waals surface area contributed by atoms with E-state index in [0.29, 0.717) is 24.2 Å². The van der Waals surface area contributed by atoms with E-state index in [1.807, 2.05) is 13.0 Å². The second-order valence-electron chi connectivity index (χ2n) is 9.14. The van der Waals surface area contributed by atoms with Crippen LogP contribution in [-0.2, 0) is 14.3 Å². The minimum absolute atomic E-state index is 0.0415. The van der Waals surface area contributed by atoms with Gasteiger partial charge in [-0.05, 0) is 74.9 Å². The summed E-state index contributed by atoms with van der Waals surface area (Å²) in [5.74, 6) is 2.08. The van der Waals surface area contributed by atoms with Crippen molar-refractivity contribution in [1.29, 1.82) is 0 Å². The van der Waals surface area contributed by atoms with Crippen molar-refractivity contribution in [3.05, 3.63) is 23.8 Å². The molecule has 0 aliphatic heterocycles. The third-order valence-electron chi connectivity index (χ3n) is 8.41. The van der Waals surface area contributed by atoms with Gasteiger partial charge in [0, 0.05) is 17.3 Å². The molecule has 0 aromatic rings. The van der Waals surface area contributed by atoms with Crippen molar-refractivity contribution < 1.29 is 14.3 Å². The van der Waals surface area contributed by atoms with Crippen LogP contribution in [0.25, 0.3) is 0 Å². The normalized spacial score (nSPS) is 44.0. The van der Waals surface area contributed by atoms with E-state index in [2.05, 4.69) is 19.9 Å². The molecule has 0 saturated heterocycles. The summed E-state index contributed by atoms with van der Waals surface area (Å²) in [5, 5.41) is 0. The Bertz CT molecular complexity index is 675. The van der Waals surface area contributed by atoms with Gasteiger partial charge in [-0.25, -0.2) is 0 Å². The molecule has 0 aromatic carbocycles. The Balaban J connectivity index is 1.63. The maximum atomic E-state index is 12.0. The fourth-order valence-electron chi connectivity index (χ4n) is 7.05. The second kappa shape index (κ2) is 6.35. The lowest BCUT2D eigenvalue weighted by Gasteiger charge is -2.57. The van der Waals surface area contributed by atoms with Gasteiger partial charge in [0.2, 0.25) is 0 Å². The maximum absolute atomic E-state index is 12.0. The largest absolute Gasteiger partial charge is 0.462 e. The van der Waals surface area contributed by atoms with Crippen molar-refractivity contribution in [2.24, 2.45) is 28.6 Å². The Morgan fingerprint density at radius 1 is 1.19 bits per heavy atom. The highest BCUT2D eigenvalue weighted by molar-refractivity contribution is 6.01. The van der Waals surface area contributed by atoms with Crippen molar-refractivity contribution in [2.45, 2.75) is 78.2 Å². The Morgan fingerprint density at radius 3 is 2.73 bits per heavy atom. The van der Waals surface area contributed by atoms with Crippen LogP contribution in [0.5, 0.6) is 0 Å². The topological polar surface area (TPSA) is 43.4 Å². The predicted molar refractivity (Wildman–Crippen MR) is 101 cm³/mol. The lowest BCUT2D eigenvalue weighted by atomic mass is 9.47. The first-order chi connectivity index (χ1) is 12.4. The van der Waals surface area contributed by atoms with E-state index in [0.717, 1.165) is 25.7 Å².